The highest BCUT2D eigenvalue weighted by atomic mass is 16.5. The number of nitrogens with one attached hydrogen (secondary N) is 1. The van der Waals surface area contributed by atoms with Gasteiger partial charge in [0.05, 0.1) is 23.9 Å². The van der Waals surface area contributed by atoms with E-state index in [2.05, 4.69) is 10.3 Å². The Kier molecular flexibility index (Phi) is 4.87. The number of hydrogen-bond donors (Lipinski definition) is 1. The zero-order chi connectivity index (χ0) is 16.9. The molecule has 2 aromatic carbocycles. The van der Waals surface area contributed by atoms with Gasteiger partial charge in [0.1, 0.15) is 0 Å². The molecule has 1 amide bonds. The van der Waals surface area contributed by atoms with E-state index in [4.69, 9.17) is 4.74 Å². The van der Waals surface area contributed by atoms with Crippen LogP contribution in [0, 0.1) is 0 Å². The van der Waals surface area contributed by atoms with Crippen molar-refractivity contribution >= 4 is 22.5 Å². The molecule has 0 radical (unpaired) electrons. The minimum absolute atomic E-state index is 0.136. The molecule has 1 aromatic heterocycles. The molecule has 0 aliphatic carbocycles. The third kappa shape index (κ3) is 3.78. The van der Waals surface area contributed by atoms with Crippen LogP contribution < -0.4 is 5.32 Å². The first kappa shape index (κ1) is 16.1. The average molecular weight is 320 g/mol. The van der Waals surface area contributed by atoms with Crippen molar-refractivity contribution in [3.05, 3.63) is 71.9 Å². The van der Waals surface area contributed by atoms with Gasteiger partial charge in [-0.15, -0.1) is 0 Å². The number of carbonyl (C=O) groups excluding carboxylic acids is 1. The maximum Gasteiger partial charge on any atom is 0.255 e. The summed E-state index contributed by atoms with van der Waals surface area (Å²) in [6.45, 7) is 4.55. The predicted molar refractivity (Wildman–Crippen MR) is 96.1 cm³/mol. The van der Waals surface area contributed by atoms with Crippen molar-refractivity contribution in [1.82, 2.24) is 4.98 Å². The molecule has 3 rings (SSSR count). The Morgan fingerprint density at radius 1 is 1.08 bits per heavy atom. The number of carbonyl (C=O) groups is 1. The fourth-order valence-electron chi connectivity index (χ4n) is 2.42. The molecule has 0 fully saturated rings. The Morgan fingerprint density at radius 3 is 2.62 bits per heavy atom. The van der Waals surface area contributed by atoms with Crippen LogP contribution in [-0.4, -0.2) is 17.0 Å². The van der Waals surface area contributed by atoms with Gasteiger partial charge >= 0.3 is 0 Å². The predicted octanol–water partition coefficient (Wildman–Crippen LogP) is 4.41. The monoisotopic (exact) mass is 320 g/mol. The molecule has 0 saturated heterocycles. The summed E-state index contributed by atoms with van der Waals surface area (Å²) in [6.07, 6.45) is 1.93. The maximum atomic E-state index is 12.5. The molecular weight excluding hydrogens is 300 g/mol. The van der Waals surface area contributed by atoms with E-state index in [9.17, 15) is 4.79 Å². The smallest absolute Gasteiger partial charge is 0.255 e. The van der Waals surface area contributed by atoms with Gasteiger partial charge in [-0.2, -0.15) is 0 Å². The van der Waals surface area contributed by atoms with Crippen molar-refractivity contribution in [3.8, 4) is 0 Å². The Morgan fingerprint density at radius 2 is 1.88 bits per heavy atom. The summed E-state index contributed by atoms with van der Waals surface area (Å²) in [5.41, 5.74) is 3.29. The number of benzene rings is 2. The molecule has 4 heteroatoms. The van der Waals surface area contributed by atoms with Crippen LogP contribution in [0.15, 0.2) is 60.8 Å². The first-order valence-corrected chi connectivity index (χ1v) is 7.99. The number of anilines is 1. The maximum absolute atomic E-state index is 12.5. The Bertz CT molecular complexity index is 836. The fraction of sp³-hybridized carbons (Fsp3) is 0.200. The Balaban J connectivity index is 1.74. The molecule has 122 valence electrons. The molecule has 1 heterocycles. The molecule has 0 spiro atoms. The van der Waals surface area contributed by atoms with E-state index in [0.29, 0.717) is 12.2 Å². The number of hydrogen-bond acceptors (Lipinski definition) is 3. The Labute approximate surface area is 141 Å². The van der Waals surface area contributed by atoms with Crippen molar-refractivity contribution in [2.24, 2.45) is 0 Å². The number of fused-ring (bicyclic) bond motifs is 1. The van der Waals surface area contributed by atoms with Gasteiger partial charge < -0.3 is 10.1 Å². The summed E-state index contributed by atoms with van der Waals surface area (Å²) < 4.78 is 5.56. The summed E-state index contributed by atoms with van der Waals surface area (Å²) in [6, 6.07) is 17.0. The van der Waals surface area contributed by atoms with Crippen LogP contribution in [0.4, 0.5) is 5.69 Å². The number of ether oxygens (including phenoxy) is 1. The van der Waals surface area contributed by atoms with Crippen molar-refractivity contribution in [1.29, 1.82) is 0 Å². The highest BCUT2D eigenvalue weighted by molar-refractivity contribution is 6.08. The summed E-state index contributed by atoms with van der Waals surface area (Å²) in [5.74, 6) is -0.136. The Hall–Kier alpha value is -2.72. The topological polar surface area (TPSA) is 51.2 Å². The van der Waals surface area contributed by atoms with E-state index in [1.807, 2.05) is 68.4 Å². The molecule has 3 aromatic rings. The standard InChI is InChI=1S/C20H20N2O2/c1-14(2)24-13-15-8-10-16(11-9-15)20(23)22-19-7-3-6-18-17(19)5-4-12-21-18/h3-12,14H,13H2,1-2H3,(H,22,23). The van der Waals surface area contributed by atoms with Crippen molar-refractivity contribution in [2.75, 3.05) is 5.32 Å². The summed E-state index contributed by atoms with van der Waals surface area (Å²) >= 11 is 0. The van der Waals surface area contributed by atoms with Gasteiger partial charge in [-0.05, 0) is 55.8 Å². The molecule has 0 atom stereocenters. The molecule has 0 bridgehead atoms. The second kappa shape index (κ2) is 7.23. The van der Waals surface area contributed by atoms with Crippen LogP contribution in [-0.2, 0) is 11.3 Å². The second-order valence-electron chi connectivity index (χ2n) is 5.89. The molecule has 24 heavy (non-hydrogen) atoms. The quantitative estimate of drug-likeness (QED) is 0.757. The van der Waals surface area contributed by atoms with Crippen LogP contribution in [0.25, 0.3) is 10.9 Å². The highest BCUT2D eigenvalue weighted by Crippen LogP contribution is 2.22. The van der Waals surface area contributed by atoms with Crippen LogP contribution in [0.3, 0.4) is 0 Å². The van der Waals surface area contributed by atoms with Gasteiger partial charge in [0.15, 0.2) is 0 Å². The van der Waals surface area contributed by atoms with Crippen LogP contribution in [0.1, 0.15) is 29.8 Å². The van der Waals surface area contributed by atoms with E-state index in [1.54, 1.807) is 6.20 Å². The van der Waals surface area contributed by atoms with Gasteiger partial charge in [0.25, 0.3) is 5.91 Å². The summed E-state index contributed by atoms with van der Waals surface area (Å²) in [7, 11) is 0. The molecule has 4 nitrogen and oxygen atoms in total. The van der Waals surface area contributed by atoms with E-state index in [1.165, 1.54) is 0 Å². The van der Waals surface area contributed by atoms with Gasteiger partial charge in [-0.1, -0.05) is 18.2 Å². The lowest BCUT2D eigenvalue weighted by Gasteiger charge is -2.10. The number of aromatic nitrogens is 1. The van der Waals surface area contributed by atoms with Crippen LogP contribution >= 0.6 is 0 Å². The van der Waals surface area contributed by atoms with Crippen molar-refractivity contribution in [3.63, 3.8) is 0 Å². The minimum atomic E-state index is -0.136. The SMILES string of the molecule is CC(C)OCc1ccc(C(=O)Nc2cccc3ncccc23)cc1. The molecule has 0 unspecified atom stereocenters. The summed E-state index contributed by atoms with van der Waals surface area (Å²) in [4.78, 5) is 16.8. The zero-order valence-electron chi connectivity index (χ0n) is 13.8. The number of nitrogens with zero attached hydrogens (tertiary/aromatic N) is 1. The molecule has 1 N–H and O–H groups in total. The van der Waals surface area contributed by atoms with Crippen LogP contribution in [0.5, 0.6) is 0 Å². The van der Waals surface area contributed by atoms with Crippen molar-refractivity contribution < 1.29 is 9.53 Å². The fourth-order valence-corrected chi connectivity index (χ4v) is 2.42. The number of pyridine rings is 1. The number of rotatable bonds is 5. The zero-order valence-corrected chi connectivity index (χ0v) is 13.8. The number of amides is 1. The lowest BCUT2D eigenvalue weighted by atomic mass is 10.1. The molecular formula is C20H20N2O2. The van der Waals surface area contributed by atoms with E-state index in [-0.39, 0.29) is 12.0 Å². The van der Waals surface area contributed by atoms with E-state index >= 15 is 0 Å². The molecule has 0 aliphatic heterocycles. The van der Waals surface area contributed by atoms with Gasteiger partial charge in [-0.25, -0.2) is 0 Å². The van der Waals surface area contributed by atoms with Crippen molar-refractivity contribution in [2.45, 2.75) is 26.6 Å². The first-order chi connectivity index (χ1) is 11.6. The van der Waals surface area contributed by atoms with Gasteiger partial charge in [0, 0.05) is 17.1 Å². The lowest BCUT2D eigenvalue weighted by molar-refractivity contribution is 0.0657. The lowest BCUT2D eigenvalue weighted by Crippen LogP contribution is -2.12. The minimum Gasteiger partial charge on any atom is -0.374 e. The van der Waals surface area contributed by atoms with Crippen LogP contribution in [0.2, 0.25) is 0 Å². The first-order valence-electron chi connectivity index (χ1n) is 7.99. The van der Waals surface area contributed by atoms with E-state index < -0.39 is 0 Å². The third-order valence-electron chi connectivity index (χ3n) is 3.69. The normalized spacial score (nSPS) is 11.0. The van der Waals surface area contributed by atoms with E-state index in [0.717, 1.165) is 22.2 Å². The highest BCUT2D eigenvalue weighted by Gasteiger charge is 2.09. The van der Waals surface area contributed by atoms with Gasteiger partial charge in [-0.3, -0.25) is 9.78 Å². The van der Waals surface area contributed by atoms with Gasteiger partial charge in [0.2, 0.25) is 0 Å². The third-order valence-corrected chi connectivity index (χ3v) is 3.69. The average Bonchev–Trinajstić information content (AvgIpc) is 2.60. The molecule has 0 aliphatic rings. The molecule has 0 saturated carbocycles. The second-order valence-corrected chi connectivity index (χ2v) is 5.89. The summed E-state index contributed by atoms with van der Waals surface area (Å²) in [5, 5.41) is 3.89. The largest absolute Gasteiger partial charge is 0.374 e.